The Bertz CT molecular complexity index is 651. The van der Waals surface area contributed by atoms with Gasteiger partial charge >= 0.3 is 0 Å². The van der Waals surface area contributed by atoms with Crippen LogP contribution in [-0.2, 0) is 4.79 Å². The maximum absolute atomic E-state index is 12.0. The van der Waals surface area contributed by atoms with Gasteiger partial charge in [0.2, 0.25) is 5.91 Å². The summed E-state index contributed by atoms with van der Waals surface area (Å²) in [7, 11) is 0. The van der Waals surface area contributed by atoms with Crippen LogP contribution in [0, 0.1) is 0 Å². The molecule has 0 aliphatic heterocycles. The molecule has 2 rings (SSSR count). The van der Waals surface area contributed by atoms with Crippen molar-refractivity contribution < 1.29 is 14.0 Å². The van der Waals surface area contributed by atoms with Crippen LogP contribution in [-0.4, -0.2) is 24.4 Å². The number of halogens is 1. The predicted octanol–water partition coefficient (Wildman–Crippen LogP) is 2.34. The van der Waals surface area contributed by atoms with Gasteiger partial charge in [0.25, 0.3) is 5.91 Å². The number of nitrogens with one attached hydrogen (secondary N) is 2. The van der Waals surface area contributed by atoms with Gasteiger partial charge in [0.15, 0.2) is 5.76 Å². The summed E-state index contributed by atoms with van der Waals surface area (Å²) in [5, 5.41) is 6.53. The fourth-order valence-electron chi connectivity index (χ4n) is 1.79. The fraction of sp³-hybridized carbons (Fsp3) is 0.286. The average molecular weight is 295 g/mol. The molecular weight excluding hydrogens is 280 g/mol. The maximum Gasteiger partial charge on any atom is 0.287 e. The van der Waals surface area contributed by atoms with Crippen LogP contribution in [0.15, 0.2) is 28.7 Å². The first kappa shape index (κ1) is 14.4. The zero-order valence-corrected chi connectivity index (χ0v) is 12.0. The molecule has 0 aliphatic carbocycles. The van der Waals surface area contributed by atoms with Crippen molar-refractivity contribution in [3.05, 3.63) is 35.0 Å². The minimum absolute atomic E-state index is 0.151. The smallest absolute Gasteiger partial charge is 0.287 e. The highest BCUT2D eigenvalue weighted by Gasteiger charge is 2.18. The van der Waals surface area contributed by atoms with E-state index in [1.807, 2.05) is 6.92 Å². The second-order valence-corrected chi connectivity index (χ2v) is 4.82. The number of carbonyl (C=O) groups is 2. The highest BCUT2D eigenvalue weighted by atomic mass is 35.5. The molecule has 2 aromatic rings. The van der Waals surface area contributed by atoms with Crippen LogP contribution >= 0.6 is 11.6 Å². The van der Waals surface area contributed by atoms with E-state index in [2.05, 4.69) is 10.6 Å². The molecule has 5 nitrogen and oxygen atoms in total. The van der Waals surface area contributed by atoms with Gasteiger partial charge in [-0.05, 0) is 38.1 Å². The SMILES string of the molecule is CCNC(=O)[C@@H](C)NC(=O)c1cc2cc(Cl)ccc2o1. The Morgan fingerprint density at radius 2 is 2.10 bits per heavy atom. The second kappa shape index (κ2) is 5.96. The molecule has 1 aromatic carbocycles. The number of rotatable bonds is 4. The summed E-state index contributed by atoms with van der Waals surface area (Å²) in [6, 6.07) is 6.07. The molecule has 0 aliphatic rings. The lowest BCUT2D eigenvalue weighted by molar-refractivity contribution is -0.122. The lowest BCUT2D eigenvalue weighted by atomic mass is 10.2. The van der Waals surface area contributed by atoms with Gasteiger partial charge in [-0.3, -0.25) is 9.59 Å². The van der Waals surface area contributed by atoms with E-state index in [0.29, 0.717) is 17.2 Å². The number of furan rings is 1. The molecule has 0 saturated carbocycles. The zero-order chi connectivity index (χ0) is 14.7. The van der Waals surface area contributed by atoms with E-state index in [-0.39, 0.29) is 11.7 Å². The van der Waals surface area contributed by atoms with Crippen molar-refractivity contribution in [3.63, 3.8) is 0 Å². The molecule has 1 atom stereocenters. The average Bonchev–Trinajstić information content (AvgIpc) is 2.81. The first-order valence-electron chi connectivity index (χ1n) is 6.29. The van der Waals surface area contributed by atoms with Gasteiger partial charge in [0.1, 0.15) is 11.6 Å². The lowest BCUT2D eigenvalue weighted by Gasteiger charge is -2.11. The first-order valence-corrected chi connectivity index (χ1v) is 6.66. The highest BCUT2D eigenvalue weighted by Crippen LogP contribution is 2.22. The largest absolute Gasteiger partial charge is 0.451 e. The zero-order valence-electron chi connectivity index (χ0n) is 11.2. The molecule has 0 spiro atoms. The van der Waals surface area contributed by atoms with E-state index in [1.54, 1.807) is 31.2 Å². The van der Waals surface area contributed by atoms with Crippen molar-refractivity contribution in [1.82, 2.24) is 10.6 Å². The summed E-state index contributed by atoms with van der Waals surface area (Å²) in [5.41, 5.74) is 0.574. The Kier molecular flexibility index (Phi) is 4.29. The number of hydrogen-bond acceptors (Lipinski definition) is 3. The first-order chi connectivity index (χ1) is 9.51. The van der Waals surface area contributed by atoms with Crippen molar-refractivity contribution in [2.45, 2.75) is 19.9 Å². The number of fused-ring (bicyclic) bond motifs is 1. The van der Waals surface area contributed by atoms with Gasteiger partial charge < -0.3 is 15.1 Å². The minimum Gasteiger partial charge on any atom is -0.451 e. The van der Waals surface area contributed by atoms with E-state index < -0.39 is 11.9 Å². The summed E-state index contributed by atoms with van der Waals surface area (Å²) in [4.78, 5) is 23.6. The van der Waals surface area contributed by atoms with Crippen LogP contribution in [0.25, 0.3) is 11.0 Å². The van der Waals surface area contributed by atoms with Gasteiger partial charge in [0.05, 0.1) is 0 Å². The standard InChI is InChI=1S/C14H15ClN2O3/c1-3-16-13(18)8(2)17-14(19)12-7-9-6-10(15)4-5-11(9)20-12/h4-8H,3H2,1-2H3,(H,16,18)(H,17,19)/t8-/m1/s1. The van der Waals surface area contributed by atoms with Crippen molar-refractivity contribution in [2.75, 3.05) is 6.54 Å². The Morgan fingerprint density at radius 3 is 2.80 bits per heavy atom. The van der Waals surface area contributed by atoms with E-state index in [9.17, 15) is 9.59 Å². The van der Waals surface area contributed by atoms with Crippen LogP contribution in [0.3, 0.4) is 0 Å². The fourth-order valence-corrected chi connectivity index (χ4v) is 1.97. The van der Waals surface area contributed by atoms with Crippen molar-refractivity contribution >= 4 is 34.4 Å². The van der Waals surface area contributed by atoms with Crippen LogP contribution in [0.1, 0.15) is 24.4 Å². The molecule has 6 heteroatoms. The third kappa shape index (κ3) is 3.11. The number of carbonyl (C=O) groups excluding carboxylic acids is 2. The Labute approximate surface area is 121 Å². The van der Waals surface area contributed by atoms with E-state index in [4.69, 9.17) is 16.0 Å². The van der Waals surface area contributed by atoms with Gasteiger partial charge in [-0.25, -0.2) is 0 Å². The summed E-state index contributed by atoms with van der Waals surface area (Å²) < 4.78 is 5.42. The summed E-state index contributed by atoms with van der Waals surface area (Å²) >= 11 is 5.87. The van der Waals surface area contributed by atoms with Crippen LogP contribution < -0.4 is 10.6 Å². The number of likely N-dealkylation sites (N-methyl/N-ethyl adjacent to an activating group) is 1. The van der Waals surface area contributed by atoms with Crippen molar-refractivity contribution in [1.29, 1.82) is 0 Å². The number of benzene rings is 1. The molecule has 1 aromatic heterocycles. The molecule has 2 N–H and O–H groups in total. The summed E-state index contributed by atoms with van der Waals surface area (Å²) in [6.45, 7) is 3.94. The topological polar surface area (TPSA) is 71.3 Å². The van der Waals surface area contributed by atoms with Crippen LogP contribution in [0.4, 0.5) is 0 Å². The summed E-state index contributed by atoms with van der Waals surface area (Å²) in [6.07, 6.45) is 0. The molecule has 1 heterocycles. The molecule has 106 valence electrons. The van der Waals surface area contributed by atoms with Gasteiger partial charge in [-0.2, -0.15) is 0 Å². The number of amides is 2. The molecule has 0 saturated heterocycles. The Balaban J connectivity index is 2.13. The lowest BCUT2D eigenvalue weighted by Crippen LogP contribution is -2.44. The van der Waals surface area contributed by atoms with Crippen molar-refractivity contribution in [2.24, 2.45) is 0 Å². The monoisotopic (exact) mass is 294 g/mol. The van der Waals surface area contributed by atoms with E-state index in [1.165, 1.54) is 0 Å². The second-order valence-electron chi connectivity index (χ2n) is 4.38. The molecule has 20 heavy (non-hydrogen) atoms. The van der Waals surface area contributed by atoms with Gasteiger partial charge in [-0.15, -0.1) is 0 Å². The predicted molar refractivity (Wildman–Crippen MR) is 76.8 cm³/mol. The summed E-state index contributed by atoms with van der Waals surface area (Å²) in [5.74, 6) is -0.519. The molecule has 0 radical (unpaired) electrons. The van der Waals surface area contributed by atoms with Crippen molar-refractivity contribution in [3.8, 4) is 0 Å². The number of hydrogen-bond donors (Lipinski definition) is 2. The highest BCUT2D eigenvalue weighted by molar-refractivity contribution is 6.31. The Morgan fingerprint density at radius 1 is 1.35 bits per heavy atom. The third-order valence-electron chi connectivity index (χ3n) is 2.79. The van der Waals surface area contributed by atoms with E-state index in [0.717, 1.165) is 5.39 Å². The van der Waals surface area contributed by atoms with Crippen LogP contribution in [0.2, 0.25) is 5.02 Å². The Hall–Kier alpha value is -2.01. The minimum atomic E-state index is -0.626. The molecule has 0 fully saturated rings. The van der Waals surface area contributed by atoms with Gasteiger partial charge in [-0.1, -0.05) is 11.6 Å². The molecule has 0 bridgehead atoms. The molecular formula is C14H15ClN2O3. The quantitative estimate of drug-likeness (QED) is 0.909. The third-order valence-corrected chi connectivity index (χ3v) is 3.03. The normalized spacial score (nSPS) is 12.2. The molecule has 2 amide bonds. The maximum atomic E-state index is 12.0. The van der Waals surface area contributed by atoms with Crippen LogP contribution in [0.5, 0.6) is 0 Å². The van der Waals surface area contributed by atoms with Gasteiger partial charge in [0, 0.05) is 17.0 Å². The van der Waals surface area contributed by atoms with E-state index >= 15 is 0 Å². The molecule has 0 unspecified atom stereocenters.